The average Bonchev–Trinajstić information content (AvgIpc) is 3.52. The molecule has 0 saturated carbocycles. The zero-order chi connectivity index (χ0) is 20.8. The molecule has 0 saturated heterocycles. The van der Waals surface area contributed by atoms with Crippen molar-refractivity contribution in [2.75, 3.05) is 12.1 Å². The van der Waals surface area contributed by atoms with Gasteiger partial charge in [-0.1, -0.05) is 17.0 Å². The first-order valence-corrected chi connectivity index (χ1v) is 10.1. The van der Waals surface area contributed by atoms with Crippen molar-refractivity contribution in [3.63, 3.8) is 0 Å². The summed E-state index contributed by atoms with van der Waals surface area (Å²) in [6.07, 6.45) is 1.61. The number of aromatic nitrogens is 5. The van der Waals surface area contributed by atoms with Gasteiger partial charge in [0.05, 0.1) is 16.5 Å². The number of benzene rings is 2. The highest BCUT2D eigenvalue weighted by Gasteiger charge is 2.18. The molecular weight excluding hydrogens is 420 g/mol. The maximum atomic E-state index is 12.9. The first kappa shape index (κ1) is 17.6. The van der Waals surface area contributed by atoms with Crippen LogP contribution in [0.15, 0.2) is 54.0 Å². The summed E-state index contributed by atoms with van der Waals surface area (Å²) in [5.41, 5.74) is 2.85. The van der Waals surface area contributed by atoms with E-state index in [0.29, 0.717) is 39.3 Å². The van der Waals surface area contributed by atoms with E-state index in [-0.39, 0.29) is 18.7 Å². The average molecular weight is 432 g/mol. The lowest BCUT2D eigenvalue weighted by atomic mass is 10.2. The lowest BCUT2D eigenvalue weighted by Crippen LogP contribution is -2.12. The molecule has 10 nitrogen and oxygen atoms in total. The number of ether oxygens (including phenoxy) is 2. The number of anilines is 1. The summed E-state index contributed by atoms with van der Waals surface area (Å²) in [5.74, 6) is 0.932. The second kappa shape index (κ2) is 6.92. The first-order valence-electron chi connectivity index (χ1n) is 9.19. The summed E-state index contributed by atoms with van der Waals surface area (Å²) in [7, 11) is 0. The van der Waals surface area contributed by atoms with Gasteiger partial charge in [0, 0.05) is 17.1 Å². The van der Waals surface area contributed by atoms with Gasteiger partial charge in [0.25, 0.3) is 5.91 Å². The van der Waals surface area contributed by atoms with Crippen LogP contribution in [-0.2, 0) is 0 Å². The molecule has 1 aliphatic rings. The molecule has 1 N–H and O–H groups in total. The molecule has 4 heterocycles. The zero-order valence-corrected chi connectivity index (χ0v) is 16.5. The fraction of sp³-hybridized carbons (Fsp3) is 0.0500. The van der Waals surface area contributed by atoms with E-state index in [0.717, 1.165) is 4.70 Å². The lowest BCUT2D eigenvalue weighted by molar-refractivity contribution is 0.102. The normalized spacial score (nSPS) is 12.4. The monoisotopic (exact) mass is 432 g/mol. The van der Waals surface area contributed by atoms with Gasteiger partial charge < -0.3 is 19.6 Å². The largest absolute Gasteiger partial charge is 0.454 e. The molecule has 0 aliphatic carbocycles. The maximum Gasteiger partial charge on any atom is 0.346 e. The fourth-order valence-corrected chi connectivity index (χ4v) is 4.03. The van der Waals surface area contributed by atoms with Gasteiger partial charge in [0.15, 0.2) is 11.5 Å². The smallest absolute Gasteiger partial charge is 0.346 e. The third-order valence-electron chi connectivity index (χ3n) is 4.66. The van der Waals surface area contributed by atoms with Crippen LogP contribution < -0.4 is 19.6 Å². The minimum Gasteiger partial charge on any atom is -0.454 e. The van der Waals surface area contributed by atoms with Crippen LogP contribution in [0.3, 0.4) is 0 Å². The highest BCUT2D eigenvalue weighted by atomic mass is 32.1. The molecule has 0 fully saturated rings. The van der Waals surface area contributed by atoms with Crippen molar-refractivity contribution in [1.29, 1.82) is 0 Å². The van der Waals surface area contributed by atoms with E-state index in [1.807, 2.05) is 24.3 Å². The SMILES string of the molecule is O=C(Nc1ccc2c(c1)OCO2)c1csc2cnc(On3nnc4ccccc43)nc12. The number of rotatable bonds is 4. The van der Waals surface area contributed by atoms with Gasteiger partial charge in [-0.15, -0.1) is 16.4 Å². The zero-order valence-electron chi connectivity index (χ0n) is 15.7. The van der Waals surface area contributed by atoms with Crippen molar-refractivity contribution < 1.29 is 19.1 Å². The number of para-hydroxylation sites is 1. The van der Waals surface area contributed by atoms with Gasteiger partial charge in [0.2, 0.25) is 6.79 Å². The number of thiophene rings is 1. The Morgan fingerprint density at radius 1 is 1.16 bits per heavy atom. The van der Waals surface area contributed by atoms with Crippen LogP contribution >= 0.6 is 11.3 Å². The van der Waals surface area contributed by atoms with Crippen molar-refractivity contribution in [3.05, 3.63) is 59.6 Å². The second-order valence-corrected chi connectivity index (χ2v) is 7.49. The van der Waals surface area contributed by atoms with Gasteiger partial charge in [0.1, 0.15) is 16.6 Å². The molecule has 3 aromatic heterocycles. The molecule has 6 rings (SSSR count). The Hall–Kier alpha value is -4.25. The molecule has 0 spiro atoms. The molecular formula is C20H12N6O4S. The highest BCUT2D eigenvalue weighted by Crippen LogP contribution is 2.34. The summed E-state index contributed by atoms with van der Waals surface area (Å²) in [6, 6.07) is 12.6. The number of amides is 1. The van der Waals surface area contributed by atoms with E-state index in [9.17, 15) is 4.79 Å². The number of hydrogen-bond donors (Lipinski definition) is 1. The Morgan fingerprint density at radius 2 is 2.06 bits per heavy atom. The van der Waals surface area contributed by atoms with E-state index in [1.165, 1.54) is 16.2 Å². The fourth-order valence-electron chi connectivity index (χ4n) is 3.18. The Balaban J connectivity index is 1.29. The summed E-state index contributed by atoms with van der Waals surface area (Å²) in [6.45, 7) is 0.169. The van der Waals surface area contributed by atoms with Crippen LogP contribution in [-0.4, -0.2) is 37.8 Å². The van der Waals surface area contributed by atoms with Gasteiger partial charge in [-0.25, -0.2) is 4.98 Å². The molecule has 11 heteroatoms. The van der Waals surface area contributed by atoms with E-state index in [4.69, 9.17) is 14.3 Å². The Bertz CT molecular complexity index is 1460. The number of carbonyl (C=O) groups excluding carboxylic acids is 1. The van der Waals surface area contributed by atoms with Crippen LogP contribution in [0, 0.1) is 0 Å². The molecule has 0 bridgehead atoms. The topological polar surface area (TPSA) is 113 Å². The van der Waals surface area contributed by atoms with Gasteiger partial charge in [-0.05, 0) is 29.5 Å². The van der Waals surface area contributed by atoms with Gasteiger partial charge >= 0.3 is 6.01 Å². The minimum absolute atomic E-state index is 0.0543. The van der Waals surface area contributed by atoms with E-state index >= 15 is 0 Å². The second-order valence-electron chi connectivity index (χ2n) is 6.58. The quantitative estimate of drug-likeness (QED) is 0.460. The molecule has 152 valence electrons. The van der Waals surface area contributed by atoms with Crippen molar-refractivity contribution in [1.82, 2.24) is 25.1 Å². The summed E-state index contributed by atoms with van der Waals surface area (Å²) in [5, 5.41) is 12.6. The molecule has 5 aromatic rings. The number of hydrogen-bond acceptors (Lipinski definition) is 9. The summed E-state index contributed by atoms with van der Waals surface area (Å²) >= 11 is 1.37. The molecule has 2 aromatic carbocycles. The van der Waals surface area contributed by atoms with Crippen LogP contribution in [0.2, 0.25) is 0 Å². The van der Waals surface area contributed by atoms with Gasteiger partial charge in [-0.2, -0.15) is 4.98 Å². The van der Waals surface area contributed by atoms with Crippen LogP contribution in [0.5, 0.6) is 17.5 Å². The molecule has 1 amide bonds. The molecule has 0 unspecified atom stereocenters. The number of fused-ring (bicyclic) bond motifs is 3. The summed E-state index contributed by atoms with van der Waals surface area (Å²) in [4.78, 5) is 28.4. The third-order valence-corrected chi connectivity index (χ3v) is 5.56. The third kappa shape index (κ3) is 3.07. The molecule has 0 atom stereocenters. The van der Waals surface area contributed by atoms with Gasteiger partial charge in [-0.3, -0.25) is 4.79 Å². The van der Waals surface area contributed by atoms with Crippen LogP contribution in [0.4, 0.5) is 5.69 Å². The van der Waals surface area contributed by atoms with Crippen LogP contribution in [0.25, 0.3) is 21.3 Å². The van der Waals surface area contributed by atoms with Crippen molar-refractivity contribution in [2.45, 2.75) is 0 Å². The molecule has 31 heavy (non-hydrogen) atoms. The molecule has 0 radical (unpaired) electrons. The summed E-state index contributed by atoms with van der Waals surface area (Å²) < 4.78 is 11.4. The Kier molecular flexibility index (Phi) is 3.93. The number of nitrogens with one attached hydrogen (secondary N) is 1. The van der Waals surface area contributed by atoms with Crippen molar-refractivity contribution in [3.8, 4) is 17.5 Å². The standard InChI is InChI=1S/C20H12N6O4S/c27-19(22-11-5-6-15-16(7-11)29-10-28-15)12-9-31-17-8-21-20(23-18(12)17)30-26-14-4-2-1-3-13(14)24-25-26/h1-9H,10H2,(H,22,27). The predicted molar refractivity (Wildman–Crippen MR) is 111 cm³/mol. The predicted octanol–water partition coefficient (Wildman–Crippen LogP) is 3.26. The van der Waals surface area contributed by atoms with E-state index in [1.54, 1.807) is 29.8 Å². The molecule has 1 aliphatic heterocycles. The van der Waals surface area contributed by atoms with Crippen LogP contribution in [0.1, 0.15) is 10.4 Å². The first-order chi connectivity index (χ1) is 15.2. The lowest BCUT2D eigenvalue weighted by Gasteiger charge is -2.06. The number of carbonyl (C=O) groups is 1. The Morgan fingerprint density at radius 3 is 3.03 bits per heavy atom. The maximum absolute atomic E-state index is 12.9. The number of nitrogens with zero attached hydrogens (tertiary/aromatic N) is 5. The highest BCUT2D eigenvalue weighted by molar-refractivity contribution is 7.17. The van der Waals surface area contributed by atoms with E-state index < -0.39 is 0 Å². The Labute approximate surface area is 178 Å². The van der Waals surface area contributed by atoms with E-state index in [2.05, 4.69) is 25.6 Å². The van der Waals surface area contributed by atoms with Crippen molar-refractivity contribution >= 4 is 44.2 Å². The minimum atomic E-state index is -0.305. The van der Waals surface area contributed by atoms with Crippen molar-refractivity contribution in [2.24, 2.45) is 0 Å².